The summed E-state index contributed by atoms with van der Waals surface area (Å²) >= 11 is 1.67. The van der Waals surface area contributed by atoms with Crippen LogP contribution < -0.4 is 5.32 Å². The molecule has 4 heteroatoms. The first-order valence-corrected chi connectivity index (χ1v) is 7.68. The van der Waals surface area contributed by atoms with Gasteiger partial charge in [-0.05, 0) is 50.2 Å². The molecule has 3 nitrogen and oxygen atoms in total. The third-order valence-electron chi connectivity index (χ3n) is 3.52. The molecule has 1 unspecified atom stereocenters. The zero-order chi connectivity index (χ0) is 12.8. The standard InChI is InChI=1S/C14H22N2OS/c1-2-16(11-12-5-3-7-15-10-12)14(17)9-13-6-4-8-18-13/h4,6,8,12,15H,2-3,5,7,9-11H2,1H3. The lowest BCUT2D eigenvalue weighted by atomic mass is 9.99. The van der Waals surface area contributed by atoms with Crippen molar-refractivity contribution >= 4 is 17.2 Å². The second-order valence-corrected chi connectivity index (χ2v) is 5.93. The van der Waals surface area contributed by atoms with Crippen molar-refractivity contribution in [1.82, 2.24) is 10.2 Å². The highest BCUT2D eigenvalue weighted by Gasteiger charge is 2.19. The van der Waals surface area contributed by atoms with Crippen molar-refractivity contribution in [3.8, 4) is 0 Å². The van der Waals surface area contributed by atoms with Crippen LogP contribution in [0.15, 0.2) is 17.5 Å². The van der Waals surface area contributed by atoms with Crippen molar-refractivity contribution in [2.24, 2.45) is 5.92 Å². The van der Waals surface area contributed by atoms with Crippen molar-refractivity contribution < 1.29 is 4.79 Å². The summed E-state index contributed by atoms with van der Waals surface area (Å²) in [6.45, 7) is 5.99. The molecule has 0 aliphatic carbocycles. The van der Waals surface area contributed by atoms with E-state index in [-0.39, 0.29) is 5.91 Å². The van der Waals surface area contributed by atoms with Gasteiger partial charge in [0, 0.05) is 18.0 Å². The fourth-order valence-electron chi connectivity index (χ4n) is 2.47. The van der Waals surface area contributed by atoms with E-state index in [9.17, 15) is 4.79 Å². The van der Waals surface area contributed by atoms with Gasteiger partial charge >= 0.3 is 0 Å². The minimum absolute atomic E-state index is 0.269. The fraction of sp³-hybridized carbons (Fsp3) is 0.643. The molecule has 1 amide bonds. The number of piperidine rings is 1. The molecule has 0 saturated carbocycles. The Hall–Kier alpha value is -0.870. The minimum atomic E-state index is 0.269. The van der Waals surface area contributed by atoms with Crippen LogP contribution in [0.3, 0.4) is 0 Å². The molecular formula is C14H22N2OS. The molecule has 1 N–H and O–H groups in total. The number of nitrogens with one attached hydrogen (secondary N) is 1. The van der Waals surface area contributed by atoms with Gasteiger partial charge in [0.2, 0.25) is 5.91 Å². The van der Waals surface area contributed by atoms with Gasteiger partial charge in [0.25, 0.3) is 0 Å². The predicted octanol–water partition coefficient (Wildman–Crippen LogP) is 2.14. The summed E-state index contributed by atoms with van der Waals surface area (Å²) in [4.78, 5) is 15.4. The first-order valence-electron chi connectivity index (χ1n) is 6.80. The number of carbonyl (C=O) groups excluding carboxylic acids is 1. The van der Waals surface area contributed by atoms with E-state index >= 15 is 0 Å². The average molecular weight is 266 g/mol. The molecular weight excluding hydrogens is 244 g/mol. The minimum Gasteiger partial charge on any atom is -0.342 e. The summed E-state index contributed by atoms with van der Waals surface area (Å²) in [6.07, 6.45) is 3.04. The summed E-state index contributed by atoms with van der Waals surface area (Å²) in [5.74, 6) is 0.900. The van der Waals surface area contributed by atoms with Crippen LogP contribution >= 0.6 is 11.3 Å². The molecule has 2 heterocycles. The maximum absolute atomic E-state index is 12.2. The zero-order valence-corrected chi connectivity index (χ0v) is 11.8. The van der Waals surface area contributed by atoms with E-state index < -0.39 is 0 Å². The van der Waals surface area contributed by atoms with Crippen LogP contribution in [-0.4, -0.2) is 37.0 Å². The molecule has 1 aliphatic heterocycles. The van der Waals surface area contributed by atoms with Crippen molar-refractivity contribution in [3.63, 3.8) is 0 Å². The summed E-state index contributed by atoms with van der Waals surface area (Å²) in [7, 11) is 0. The molecule has 1 fully saturated rings. The van der Waals surface area contributed by atoms with Crippen molar-refractivity contribution in [3.05, 3.63) is 22.4 Å². The van der Waals surface area contributed by atoms with Crippen molar-refractivity contribution in [1.29, 1.82) is 0 Å². The second-order valence-electron chi connectivity index (χ2n) is 4.90. The number of hydrogen-bond donors (Lipinski definition) is 1. The van der Waals surface area contributed by atoms with Crippen LogP contribution in [0.2, 0.25) is 0 Å². The van der Waals surface area contributed by atoms with Crippen LogP contribution in [0, 0.1) is 5.92 Å². The first kappa shape index (κ1) is 13.6. The molecule has 100 valence electrons. The van der Waals surface area contributed by atoms with E-state index in [1.54, 1.807) is 11.3 Å². The Labute approximate surface area is 113 Å². The lowest BCUT2D eigenvalue weighted by Gasteiger charge is -2.29. The van der Waals surface area contributed by atoms with Gasteiger partial charge in [-0.2, -0.15) is 0 Å². The Bertz CT molecular complexity index is 358. The number of amides is 1. The Balaban J connectivity index is 1.85. The average Bonchev–Trinajstić information content (AvgIpc) is 2.90. The summed E-state index contributed by atoms with van der Waals surface area (Å²) in [5.41, 5.74) is 0. The Morgan fingerprint density at radius 2 is 2.50 bits per heavy atom. The normalized spacial score (nSPS) is 19.7. The van der Waals surface area contributed by atoms with Gasteiger partial charge in [0.05, 0.1) is 6.42 Å². The van der Waals surface area contributed by atoms with Gasteiger partial charge in [-0.1, -0.05) is 6.07 Å². The van der Waals surface area contributed by atoms with Crippen LogP contribution in [0.5, 0.6) is 0 Å². The second kappa shape index (κ2) is 6.90. The van der Waals surface area contributed by atoms with E-state index in [0.29, 0.717) is 12.3 Å². The van der Waals surface area contributed by atoms with E-state index in [4.69, 9.17) is 0 Å². The SMILES string of the molecule is CCN(CC1CCCNC1)C(=O)Cc1cccs1. The topological polar surface area (TPSA) is 32.3 Å². The summed E-state index contributed by atoms with van der Waals surface area (Å²) in [6, 6.07) is 4.05. The quantitative estimate of drug-likeness (QED) is 0.885. The summed E-state index contributed by atoms with van der Waals surface area (Å²) in [5, 5.41) is 5.44. The van der Waals surface area contributed by atoms with Gasteiger partial charge in [0.1, 0.15) is 0 Å². The van der Waals surface area contributed by atoms with Crippen LogP contribution in [-0.2, 0) is 11.2 Å². The number of carbonyl (C=O) groups is 1. The molecule has 1 aliphatic rings. The summed E-state index contributed by atoms with van der Waals surface area (Å²) < 4.78 is 0. The van der Waals surface area contributed by atoms with Crippen molar-refractivity contribution in [2.75, 3.05) is 26.2 Å². The molecule has 2 rings (SSSR count). The number of hydrogen-bond acceptors (Lipinski definition) is 3. The predicted molar refractivity (Wildman–Crippen MR) is 75.9 cm³/mol. The van der Waals surface area contributed by atoms with Gasteiger partial charge in [-0.25, -0.2) is 0 Å². The fourth-order valence-corrected chi connectivity index (χ4v) is 3.17. The van der Waals surface area contributed by atoms with E-state index in [1.807, 2.05) is 22.4 Å². The van der Waals surface area contributed by atoms with E-state index in [1.165, 1.54) is 17.7 Å². The highest BCUT2D eigenvalue weighted by molar-refractivity contribution is 7.10. The third-order valence-corrected chi connectivity index (χ3v) is 4.39. The third kappa shape index (κ3) is 3.82. The molecule has 18 heavy (non-hydrogen) atoms. The Morgan fingerprint density at radius 1 is 1.61 bits per heavy atom. The number of thiophene rings is 1. The van der Waals surface area contributed by atoms with Gasteiger partial charge < -0.3 is 10.2 Å². The molecule has 1 aromatic rings. The number of nitrogens with zero attached hydrogens (tertiary/aromatic N) is 1. The molecule has 0 bridgehead atoms. The lowest BCUT2D eigenvalue weighted by molar-refractivity contribution is -0.130. The smallest absolute Gasteiger partial charge is 0.227 e. The molecule has 1 aromatic heterocycles. The highest BCUT2D eigenvalue weighted by atomic mass is 32.1. The van der Waals surface area contributed by atoms with Gasteiger partial charge in [0.15, 0.2) is 0 Å². The van der Waals surface area contributed by atoms with E-state index in [0.717, 1.165) is 26.2 Å². The largest absolute Gasteiger partial charge is 0.342 e. The van der Waals surface area contributed by atoms with Crippen LogP contribution in [0.4, 0.5) is 0 Å². The monoisotopic (exact) mass is 266 g/mol. The molecule has 0 spiro atoms. The lowest BCUT2D eigenvalue weighted by Crippen LogP contribution is -2.41. The maximum atomic E-state index is 12.2. The highest BCUT2D eigenvalue weighted by Crippen LogP contribution is 2.14. The number of likely N-dealkylation sites (N-methyl/N-ethyl adjacent to an activating group) is 1. The van der Waals surface area contributed by atoms with E-state index in [2.05, 4.69) is 12.2 Å². The molecule has 0 radical (unpaired) electrons. The molecule has 1 saturated heterocycles. The van der Waals surface area contributed by atoms with Gasteiger partial charge in [-0.15, -0.1) is 11.3 Å². The zero-order valence-electron chi connectivity index (χ0n) is 11.0. The number of rotatable bonds is 5. The molecule has 1 atom stereocenters. The Kier molecular flexibility index (Phi) is 5.20. The van der Waals surface area contributed by atoms with Crippen LogP contribution in [0.1, 0.15) is 24.6 Å². The molecule has 0 aromatic carbocycles. The maximum Gasteiger partial charge on any atom is 0.227 e. The van der Waals surface area contributed by atoms with Crippen molar-refractivity contribution in [2.45, 2.75) is 26.2 Å². The van der Waals surface area contributed by atoms with Crippen LogP contribution in [0.25, 0.3) is 0 Å². The Morgan fingerprint density at radius 3 is 3.11 bits per heavy atom. The first-order chi connectivity index (χ1) is 8.79. The van der Waals surface area contributed by atoms with Gasteiger partial charge in [-0.3, -0.25) is 4.79 Å².